The van der Waals surface area contributed by atoms with Gasteiger partial charge in [0.15, 0.2) is 0 Å². The van der Waals surface area contributed by atoms with Crippen LogP contribution in [0.15, 0.2) is 24.3 Å². The molecular formula is C17H25NO. The fraction of sp³-hybridized carbons (Fsp3) is 0.647. The molecule has 2 aliphatic rings. The van der Waals surface area contributed by atoms with E-state index >= 15 is 0 Å². The van der Waals surface area contributed by atoms with Gasteiger partial charge in [-0.15, -0.1) is 0 Å². The molecule has 1 N–H and O–H groups in total. The Bertz CT molecular complexity index is 421. The molecule has 0 radical (unpaired) electrons. The fourth-order valence-electron chi connectivity index (χ4n) is 3.23. The summed E-state index contributed by atoms with van der Waals surface area (Å²) in [5, 5.41) is 3.74. The molecule has 0 heterocycles. The number of rotatable bonds is 6. The number of para-hydroxylation sites is 1. The molecule has 2 fully saturated rings. The SMILES string of the molecule is COc1ccccc1C1CC(NCC(C)C2CC2)C1. The molecule has 1 aromatic rings. The molecule has 0 aliphatic heterocycles. The Morgan fingerprint density at radius 3 is 2.68 bits per heavy atom. The second-order valence-electron chi connectivity index (χ2n) is 6.33. The molecule has 19 heavy (non-hydrogen) atoms. The number of methoxy groups -OCH3 is 1. The fourth-order valence-corrected chi connectivity index (χ4v) is 3.23. The largest absolute Gasteiger partial charge is 0.496 e. The highest BCUT2D eigenvalue weighted by atomic mass is 16.5. The van der Waals surface area contributed by atoms with Crippen molar-refractivity contribution in [1.29, 1.82) is 0 Å². The lowest BCUT2D eigenvalue weighted by molar-refractivity contribution is 0.268. The quantitative estimate of drug-likeness (QED) is 0.843. The van der Waals surface area contributed by atoms with Crippen LogP contribution in [0.25, 0.3) is 0 Å². The van der Waals surface area contributed by atoms with Crippen molar-refractivity contribution in [2.45, 2.75) is 44.6 Å². The van der Waals surface area contributed by atoms with E-state index in [1.807, 2.05) is 6.07 Å². The molecule has 2 nitrogen and oxygen atoms in total. The van der Waals surface area contributed by atoms with Crippen LogP contribution in [0.2, 0.25) is 0 Å². The third-order valence-electron chi connectivity index (χ3n) is 4.87. The van der Waals surface area contributed by atoms with E-state index in [1.54, 1.807) is 7.11 Å². The van der Waals surface area contributed by atoms with Crippen molar-refractivity contribution in [3.63, 3.8) is 0 Å². The van der Waals surface area contributed by atoms with E-state index < -0.39 is 0 Å². The smallest absolute Gasteiger partial charge is 0.122 e. The summed E-state index contributed by atoms with van der Waals surface area (Å²) in [6, 6.07) is 9.18. The van der Waals surface area contributed by atoms with E-state index in [4.69, 9.17) is 4.74 Å². The number of ether oxygens (including phenoxy) is 1. The first-order valence-electron chi connectivity index (χ1n) is 7.64. The van der Waals surface area contributed by atoms with Gasteiger partial charge in [0.1, 0.15) is 5.75 Å². The Balaban J connectivity index is 1.46. The van der Waals surface area contributed by atoms with Crippen LogP contribution in [0.5, 0.6) is 5.75 Å². The van der Waals surface area contributed by atoms with Crippen LogP contribution in [-0.4, -0.2) is 19.7 Å². The van der Waals surface area contributed by atoms with Crippen LogP contribution in [0, 0.1) is 11.8 Å². The second kappa shape index (κ2) is 5.54. The van der Waals surface area contributed by atoms with Crippen LogP contribution >= 0.6 is 0 Å². The van der Waals surface area contributed by atoms with Gasteiger partial charge >= 0.3 is 0 Å². The monoisotopic (exact) mass is 259 g/mol. The first-order valence-corrected chi connectivity index (χ1v) is 7.64. The average Bonchev–Trinajstić information content (AvgIpc) is 3.21. The summed E-state index contributed by atoms with van der Waals surface area (Å²) in [4.78, 5) is 0. The van der Waals surface area contributed by atoms with E-state index in [9.17, 15) is 0 Å². The molecule has 3 rings (SSSR count). The Hall–Kier alpha value is -1.02. The molecule has 0 spiro atoms. The minimum Gasteiger partial charge on any atom is -0.496 e. The summed E-state index contributed by atoms with van der Waals surface area (Å²) >= 11 is 0. The molecule has 104 valence electrons. The summed E-state index contributed by atoms with van der Waals surface area (Å²) in [5.41, 5.74) is 1.39. The Labute approximate surface area is 116 Å². The molecule has 0 saturated heterocycles. The van der Waals surface area contributed by atoms with Gasteiger partial charge in [0, 0.05) is 6.04 Å². The molecule has 0 amide bonds. The van der Waals surface area contributed by atoms with Crippen molar-refractivity contribution >= 4 is 0 Å². The third-order valence-corrected chi connectivity index (χ3v) is 4.87. The predicted molar refractivity (Wildman–Crippen MR) is 78.6 cm³/mol. The van der Waals surface area contributed by atoms with Gasteiger partial charge < -0.3 is 10.1 Å². The number of benzene rings is 1. The molecule has 0 bridgehead atoms. The lowest BCUT2D eigenvalue weighted by atomic mass is 9.75. The first-order chi connectivity index (χ1) is 9.28. The maximum Gasteiger partial charge on any atom is 0.122 e. The lowest BCUT2D eigenvalue weighted by Gasteiger charge is -2.37. The van der Waals surface area contributed by atoms with Gasteiger partial charge in [-0.1, -0.05) is 25.1 Å². The van der Waals surface area contributed by atoms with Gasteiger partial charge in [0.25, 0.3) is 0 Å². The molecular weight excluding hydrogens is 234 g/mol. The highest BCUT2D eigenvalue weighted by Gasteiger charge is 2.33. The summed E-state index contributed by atoms with van der Waals surface area (Å²) in [6.45, 7) is 3.59. The van der Waals surface area contributed by atoms with Crippen LogP contribution in [0.4, 0.5) is 0 Å². The maximum atomic E-state index is 5.45. The Morgan fingerprint density at radius 1 is 1.26 bits per heavy atom. The van der Waals surface area contributed by atoms with Gasteiger partial charge in [-0.25, -0.2) is 0 Å². The van der Waals surface area contributed by atoms with Crippen molar-refractivity contribution in [3.05, 3.63) is 29.8 Å². The minimum atomic E-state index is 0.685. The standard InChI is InChI=1S/C17H25NO/c1-12(13-7-8-13)11-18-15-9-14(10-15)16-5-3-4-6-17(16)19-2/h3-6,12-15,18H,7-11H2,1-2H3. The van der Waals surface area contributed by atoms with Gasteiger partial charge in [0.2, 0.25) is 0 Å². The minimum absolute atomic E-state index is 0.685. The topological polar surface area (TPSA) is 21.3 Å². The third kappa shape index (κ3) is 2.94. The predicted octanol–water partition coefficient (Wildman–Crippen LogP) is 3.58. The van der Waals surface area contributed by atoms with Crippen LogP contribution < -0.4 is 10.1 Å². The first kappa shape index (κ1) is 13.0. The van der Waals surface area contributed by atoms with Crippen LogP contribution in [0.1, 0.15) is 44.1 Å². The van der Waals surface area contributed by atoms with E-state index in [0.29, 0.717) is 5.92 Å². The van der Waals surface area contributed by atoms with E-state index in [-0.39, 0.29) is 0 Å². The van der Waals surface area contributed by atoms with Gasteiger partial charge in [-0.3, -0.25) is 0 Å². The number of hydrogen-bond acceptors (Lipinski definition) is 2. The number of hydrogen-bond donors (Lipinski definition) is 1. The zero-order valence-electron chi connectivity index (χ0n) is 12.1. The lowest BCUT2D eigenvalue weighted by Crippen LogP contribution is -2.42. The Morgan fingerprint density at radius 2 is 2.00 bits per heavy atom. The summed E-state index contributed by atoms with van der Waals surface area (Å²) < 4.78 is 5.45. The van der Waals surface area contributed by atoms with E-state index in [1.165, 1.54) is 37.8 Å². The van der Waals surface area contributed by atoms with E-state index in [2.05, 4.69) is 30.4 Å². The van der Waals surface area contributed by atoms with Gasteiger partial charge in [0.05, 0.1) is 7.11 Å². The van der Waals surface area contributed by atoms with Crippen molar-refractivity contribution < 1.29 is 4.74 Å². The van der Waals surface area contributed by atoms with Gasteiger partial charge in [-0.05, 0) is 61.6 Å². The average molecular weight is 259 g/mol. The summed E-state index contributed by atoms with van der Waals surface area (Å²) in [5.74, 6) is 3.62. The normalized spacial score (nSPS) is 27.7. The van der Waals surface area contributed by atoms with Crippen LogP contribution in [-0.2, 0) is 0 Å². The molecule has 0 aromatic heterocycles. The van der Waals surface area contributed by atoms with E-state index in [0.717, 1.165) is 23.6 Å². The highest BCUT2D eigenvalue weighted by Crippen LogP contribution is 2.41. The molecule has 2 saturated carbocycles. The zero-order valence-corrected chi connectivity index (χ0v) is 12.1. The Kier molecular flexibility index (Phi) is 3.79. The van der Waals surface area contributed by atoms with Crippen molar-refractivity contribution in [1.82, 2.24) is 5.32 Å². The zero-order chi connectivity index (χ0) is 13.2. The second-order valence-corrected chi connectivity index (χ2v) is 6.33. The van der Waals surface area contributed by atoms with Crippen molar-refractivity contribution in [3.8, 4) is 5.75 Å². The van der Waals surface area contributed by atoms with Crippen molar-refractivity contribution in [2.75, 3.05) is 13.7 Å². The van der Waals surface area contributed by atoms with Crippen LogP contribution in [0.3, 0.4) is 0 Å². The molecule has 1 aromatic carbocycles. The maximum absolute atomic E-state index is 5.45. The van der Waals surface area contributed by atoms with Gasteiger partial charge in [-0.2, -0.15) is 0 Å². The molecule has 1 atom stereocenters. The van der Waals surface area contributed by atoms with Crippen molar-refractivity contribution in [2.24, 2.45) is 11.8 Å². The highest BCUT2D eigenvalue weighted by molar-refractivity contribution is 5.37. The molecule has 2 heteroatoms. The summed E-state index contributed by atoms with van der Waals surface area (Å²) in [7, 11) is 1.77. The summed E-state index contributed by atoms with van der Waals surface area (Å²) in [6.07, 6.45) is 5.43. The molecule has 2 aliphatic carbocycles. The molecule has 1 unspecified atom stereocenters. The number of nitrogens with one attached hydrogen (secondary N) is 1.